The lowest BCUT2D eigenvalue weighted by Crippen LogP contribution is -2.55. The fourth-order valence-electron chi connectivity index (χ4n) is 6.43. The van der Waals surface area contributed by atoms with Crippen molar-refractivity contribution in [1.29, 1.82) is 0 Å². The molecular formula is C27H44O6. The molecule has 2 aliphatic carbocycles. The Morgan fingerprint density at radius 3 is 2.45 bits per heavy atom. The minimum atomic E-state index is -0.314. The molecule has 2 aliphatic heterocycles. The summed E-state index contributed by atoms with van der Waals surface area (Å²) in [5.41, 5.74) is 0.702. The van der Waals surface area contributed by atoms with Gasteiger partial charge in [0.2, 0.25) is 0 Å². The number of ether oxygens (including phenoxy) is 5. The first-order valence-electron chi connectivity index (χ1n) is 12.9. The van der Waals surface area contributed by atoms with Crippen LogP contribution in [0.3, 0.4) is 0 Å². The number of hydrogen-bond donors (Lipinski definition) is 0. The van der Waals surface area contributed by atoms with Crippen LogP contribution in [0.5, 0.6) is 0 Å². The van der Waals surface area contributed by atoms with Crippen molar-refractivity contribution in [3.63, 3.8) is 0 Å². The van der Waals surface area contributed by atoms with E-state index in [1.54, 1.807) is 7.11 Å². The summed E-state index contributed by atoms with van der Waals surface area (Å²) in [4.78, 5) is 13.2. The van der Waals surface area contributed by atoms with Crippen molar-refractivity contribution in [1.82, 2.24) is 0 Å². The van der Waals surface area contributed by atoms with Gasteiger partial charge < -0.3 is 23.7 Å². The van der Waals surface area contributed by atoms with Crippen LogP contribution in [0.25, 0.3) is 0 Å². The normalized spacial score (nSPS) is 39.0. The second-order valence-corrected chi connectivity index (χ2v) is 11.6. The molecule has 4 unspecified atom stereocenters. The van der Waals surface area contributed by atoms with Gasteiger partial charge >= 0.3 is 5.97 Å². The predicted molar refractivity (Wildman–Crippen MR) is 126 cm³/mol. The van der Waals surface area contributed by atoms with Gasteiger partial charge in [-0.1, -0.05) is 24.5 Å². The van der Waals surface area contributed by atoms with E-state index < -0.39 is 0 Å². The molecule has 4 fully saturated rings. The van der Waals surface area contributed by atoms with Crippen molar-refractivity contribution in [2.24, 2.45) is 11.3 Å². The van der Waals surface area contributed by atoms with E-state index in [0.717, 1.165) is 51.6 Å². The lowest BCUT2D eigenvalue weighted by molar-refractivity contribution is -0.175. The second kappa shape index (κ2) is 9.60. The monoisotopic (exact) mass is 464 g/mol. The van der Waals surface area contributed by atoms with Crippen LogP contribution in [0.2, 0.25) is 0 Å². The van der Waals surface area contributed by atoms with Gasteiger partial charge in [-0.05, 0) is 66.7 Å². The smallest absolute Gasteiger partial charge is 0.306 e. The highest BCUT2D eigenvalue weighted by Crippen LogP contribution is 2.59. The van der Waals surface area contributed by atoms with Gasteiger partial charge in [0.05, 0.1) is 37.8 Å². The molecule has 2 saturated heterocycles. The Bertz CT molecular complexity index is 731. The van der Waals surface area contributed by atoms with Crippen molar-refractivity contribution < 1.29 is 28.5 Å². The highest BCUT2D eigenvalue weighted by Gasteiger charge is 2.72. The average Bonchev–Trinajstić information content (AvgIpc) is 3.61. The number of carbonyl (C=O) groups is 1. The van der Waals surface area contributed by atoms with Gasteiger partial charge in [-0.15, -0.1) is 0 Å². The number of methoxy groups -OCH3 is 1. The van der Waals surface area contributed by atoms with Crippen molar-refractivity contribution in [3.8, 4) is 0 Å². The summed E-state index contributed by atoms with van der Waals surface area (Å²) >= 11 is 0. The van der Waals surface area contributed by atoms with Gasteiger partial charge in [-0.3, -0.25) is 4.79 Å². The zero-order chi connectivity index (χ0) is 23.9. The third kappa shape index (κ3) is 5.34. The first-order valence-corrected chi connectivity index (χ1v) is 12.9. The van der Waals surface area contributed by atoms with E-state index in [1.165, 1.54) is 5.57 Å². The number of allylic oxidation sites excluding steroid dienone is 1. The Morgan fingerprint density at radius 2 is 1.88 bits per heavy atom. The first-order chi connectivity index (χ1) is 15.6. The van der Waals surface area contributed by atoms with Crippen LogP contribution in [0.15, 0.2) is 11.6 Å². The SMILES string of the molecule is COC1C(OC(=O)CC2(COC(C)C)CCCC2)CC[C@]2(CO2)C1C1(C)O[C@@H]1CC=C(C)C. The van der Waals surface area contributed by atoms with Gasteiger partial charge in [0.25, 0.3) is 0 Å². The Kier molecular flexibility index (Phi) is 7.32. The quantitative estimate of drug-likeness (QED) is 0.258. The van der Waals surface area contributed by atoms with Gasteiger partial charge in [-0.25, -0.2) is 0 Å². The summed E-state index contributed by atoms with van der Waals surface area (Å²) in [7, 11) is 1.73. The Balaban J connectivity index is 1.43. The van der Waals surface area contributed by atoms with Gasteiger partial charge in [0.1, 0.15) is 23.4 Å². The van der Waals surface area contributed by atoms with Crippen LogP contribution in [0.1, 0.15) is 86.0 Å². The molecule has 0 radical (unpaired) electrons. The molecule has 0 bridgehead atoms. The fourth-order valence-corrected chi connectivity index (χ4v) is 6.43. The topological polar surface area (TPSA) is 69.8 Å². The maximum absolute atomic E-state index is 13.2. The van der Waals surface area contributed by atoms with Crippen LogP contribution in [0, 0.1) is 11.3 Å². The Hall–Kier alpha value is -0.950. The molecule has 0 aromatic rings. The van der Waals surface area contributed by atoms with Crippen LogP contribution >= 0.6 is 0 Å². The molecule has 6 heteroatoms. The molecule has 4 rings (SSSR count). The fraction of sp³-hybridized carbons (Fsp3) is 0.889. The van der Waals surface area contributed by atoms with Crippen molar-refractivity contribution >= 4 is 5.97 Å². The number of rotatable bonds is 10. The Morgan fingerprint density at radius 1 is 1.18 bits per heavy atom. The van der Waals surface area contributed by atoms with Gasteiger partial charge in [0.15, 0.2) is 0 Å². The minimum absolute atomic E-state index is 0.0572. The first kappa shape index (κ1) is 25.2. The average molecular weight is 465 g/mol. The van der Waals surface area contributed by atoms with E-state index in [4.69, 9.17) is 23.7 Å². The molecule has 6 atom stereocenters. The van der Waals surface area contributed by atoms with Gasteiger partial charge in [-0.2, -0.15) is 0 Å². The maximum atomic E-state index is 13.2. The lowest BCUT2D eigenvalue weighted by Gasteiger charge is -2.43. The van der Waals surface area contributed by atoms with E-state index in [9.17, 15) is 4.79 Å². The van der Waals surface area contributed by atoms with Crippen molar-refractivity contribution in [2.45, 2.75) is 122 Å². The summed E-state index contributed by atoms with van der Waals surface area (Å²) in [6.45, 7) is 11.9. The highest BCUT2D eigenvalue weighted by molar-refractivity contribution is 5.70. The third-order valence-electron chi connectivity index (χ3n) is 8.43. The van der Waals surface area contributed by atoms with Crippen LogP contribution < -0.4 is 0 Å². The van der Waals surface area contributed by atoms with E-state index >= 15 is 0 Å². The standard InChI is InChI=1S/C27H44O6/c1-18(2)9-10-21-25(5,33-21)24-23(29-6)20(11-14-27(24)17-31-27)32-22(28)15-26(12-7-8-13-26)16-30-19(3)4/h9,19-21,23-24H,7-8,10-17H2,1-6H3/t20?,21-,23?,24?,25?,27+/m1/s1. The summed E-state index contributed by atoms with van der Waals surface area (Å²) in [6.07, 6.45) is 9.41. The molecule has 188 valence electrons. The molecule has 0 aromatic heterocycles. The van der Waals surface area contributed by atoms with Crippen LogP contribution in [-0.2, 0) is 28.5 Å². The number of carbonyl (C=O) groups excluding carboxylic acids is 1. The maximum Gasteiger partial charge on any atom is 0.306 e. The summed E-state index contributed by atoms with van der Waals surface area (Å²) < 4.78 is 30.4. The van der Waals surface area contributed by atoms with E-state index in [0.29, 0.717) is 13.0 Å². The number of esters is 1. The van der Waals surface area contributed by atoms with Crippen molar-refractivity contribution in [2.75, 3.05) is 20.3 Å². The molecule has 2 saturated carbocycles. The minimum Gasteiger partial charge on any atom is -0.460 e. The molecule has 33 heavy (non-hydrogen) atoms. The van der Waals surface area contributed by atoms with Crippen molar-refractivity contribution in [3.05, 3.63) is 11.6 Å². The van der Waals surface area contributed by atoms with E-state index in [2.05, 4.69) is 26.8 Å². The van der Waals surface area contributed by atoms with E-state index in [-0.39, 0.29) is 52.9 Å². The molecule has 4 aliphatic rings. The molecule has 1 spiro atoms. The van der Waals surface area contributed by atoms with Crippen LogP contribution in [0.4, 0.5) is 0 Å². The largest absolute Gasteiger partial charge is 0.460 e. The Labute approximate surface area is 199 Å². The predicted octanol–water partition coefficient (Wildman–Crippen LogP) is 4.98. The zero-order valence-electron chi connectivity index (χ0n) is 21.5. The lowest BCUT2D eigenvalue weighted by atomic mass is 9.68. The van der Waals surface area contributed by atoms with Gasteiger partial charge in [0, 0.05) is 12.5 Å². The van der Waals surface area contributed by atoms with E-state index in [1.807, 2.05) is 13.8 Å². The molecule has 0 amide bonds. The number of epoxide rings is 2. The molecule has 0 N–H and O–H groups in total. The molecule has 2 heterocycles. The number of hydrogen-bond acceptors (Lipinski definition) is 6. The van der Waals surface area contributed by atoms with Crippen LogP contribution in [-0.4, -0.2) is 61.9 Å². The summed E-state index contributed by atoms with van der Waals surface area (Å²) in [6, 6.07) is 0. The molecular weight excluding hydrogens is 420 g/mol. The zero-order valence-corrected chi connectivity index (χ0v) is 21.5. The molecule has 0 aromatic carbocycles. The second-order valence-electron chi connectivity index (χ2n) is 11.6. The summed E-state index contributed by atoms with van der Waals surface area (Å²) in [5.74, 6) is -0.0625. The molecule has 6 nitrogen and oxygen atoms in total. The highest BCUT2D eigenvalue weighted by atomic mass is 16.6. The third-order valence-corrected chi connectivity index (χ3v) is 8.43. The summed E-state index contributed by atoms with van der Waals surface area (Å²) in [5, 5.41) is 0.